The summed E-state index contributed by atoms with van der Waals surface area (Å²) in [5.41, 5.74) is 3.73. The van der Waals surface area contributed by atoms with E-state index >= 15 is 0 Å². The van der Waals surface area contributed by atoms with Crippen LogP contribution in [0.4, 0.5) is 0 Å². The Morgan fingerprint density at radius 1 is 1.39 bits per heavy atom. The van der Waals surface area contributed by atoms with Crippen LogP contribution in [-0.2, 0) is 7.05 Å². The fraction of sp³-hybridized carbons (Fsp3) is 0.0833. The molecule has 0 saturated heterocycles. The molecule has 1 aromatic carbocycles. The molecule has 2 aromatic rings. The summed E-state index contributed by atoms with van der Waals surface area (Å²) in [5.74, 6) is -0.287. The van der Waals surface area contributed by atoms with Gasteiger partial charge in [0.1, 0.15) is 0 Å². The van der Waals surface area contributed by atoms with Gasteiger partial charge in [0.05, 0.1) is 11.9 Å². The highest BCUT2D eigenvalue weighted by Gasteiger charge is 2.03. The molecule has 0 spiro atoms. The third kappa shape index (κ3) is 2.95. The first-order chi connectivity index (χ1) is 8.66. The monoisotopic (exact) mass is 262 g/mol. The van der Waals surface area contributed by atoms with Crippen LogP contribution in [0.1, 0.15) is 16.1 Å². The Labute approximate surface area is 109 Å². The van der Waals surface area contributed by atoms with Gasteiger partial charge in [-0.2, -0.15) is 10.2 Å². The lowest BCUT2D eigenvalue weighted by atomic mass is 10.2. The van der Waals surface area contributed by atoms with E-state index in [0.29, 0.717) is 10.6 Å². The van der Waals surface area contributed by atoms with Crippen LogP contribution in [-0.4, -0.2) is 21.9 Å². The molecule has 1 heterocycles. The predicted molar refractivity (Wildman–Crippen MR) is 69.7 cm³/mol. The summed E-state index contributed by atoms with van der Waals surface area (Å²) in [7, 11) is 1.79. The molecule has 0 fully saturated rings. The van der Waals surface area contributed by atoms with Gasteiger partial charge in [-0.3, -0.25) is 9.48 Å². The molecule has 5 nitrogen and oxygen atoms in total. The van der Waals surface area contributed by atoms with Gasteiger partial charge in [-0.25, -0.2) is 5.43 Å². The van der Waals surface area contributed by atoms with Gasteiger partial charge in [-0.15, -0.1) is 0 Å². The van der Waals surface area contributed by atoms with Crippen molar-refractivity contribution in [3.05, 3.63) is 52.8 Å². The summed E-state index contributed by atoms with van der Waals surface area (Å²) in [6.07, 6.45) is 3.18. The molecule has 1 amide bonds. The molecule has 0 aliphatic carbocycles. The van der Waals surface area contributed by atoms with Crippen LogP contribution in [0, 0.1) is 0 Å². The first-order valence-corrected chi connectivity index (χ1v) is 5.61. The van der Waals surface area contributed by atoms with Crippen LogP contribution < -0.4 is 5.43 Å². The number of hydrogen-bond acceptors (Lipinski definition) is 3. The molecule has 2 rings (SSSR count). The quantitative estimate of drug-likeness (QED) is 0.678. The third-order valence-corrected chi connectivity index (χ3v) is 2.58. The fourth-order valence-electron chi connectivity index (χ4n) is 1.33. The molecule has 0 radical (unpaired) electrons. The number of aryl methyl sites for hydroxylation is 1. The van der Waals surface area contributed by atoms with E-state index in [1.54, 1.807) is 48.3 Å². The zero-order valence-electron chi connectivity index (χ0n) is 9.67. The Hall–Kier alpha value is -2.14. The van der Waals surface area contributed by atoms with Crippen molar-refractivity contribution in [1.29, 1.82) is 0 Å². The summed E-state index contributed by atoms with van der Waals surface area (Å²) in [4.78, 5) is 11.7. The molecule has 1 aromatic heterocycles. The standard InChI is InChI=1S/C12H11ClN4O/c1-17-11(6-7-15-17)8-14-16-12(18)9-2-4-10(13)5-3-9/h2-8H,1H3,(H,16,18)/b14-8+. The Balaban J connectivity index is 1.98. The largest absolute Gasteiger partial charge is 0.271 e. The highest BCUT2D eigenvalue weighted by molar-refractivity contribution is 6.30. The smallest absolute Gasteiger partial charge is 0.267 e. The second kappa shape index (κ2) is 5.46. The Bertz CT molecular complexity index is 574. The van der Waals surface area contributed by atoms with Gasteiger partial charge in [-0.1, -0.05) is 11.6 Å². The van der Waals surface area contributed by atoms with Crippen molar-refractivity contribution in [3.8, 4) is 0 Å². The van der Waals surface area contributed by atoms with E-state index in [2.05, 4.69) is 15.6 Å². The number of rotatable bonds is 3. The summed E-state index contributed by atoms with van der Waals surface area (Å²) < 4.78 is 1.65. The predicted octanol–water partition coefficient (Wildman–Crippen LogP) is 1.84. The van der Waals surface area contributed by atoms with E-state index in [0.717, 1.165) is 5.69 Å². The molecule has 1 N–H and O–H groups in total. The van der Waals surface area contributed by atoms with Gasteiger partial charge < -0.3 is 0 Å². The van der Waals surface area contributed by atoms with Crippen molar-refractivity contribution in [1.82, 2.24) is 15.2 Å². The second-order valence-corrected chi connectivity index (χ2v) is 4.02. The van der Waals surface area contributed by atoms with Crippen molar-refractivity contribution >= 4 is 23.7 Å². The summed E-state index contributed by atoms with van der Waals surface area (Å²) >= 11 is 5.73. The van der Waals surface area contributed by atoms with Crippen molar-refractivity contribution in [2.24, 2.45) is 12.1 Å². The maximum Gasteiger partial charge on any atom is 0.271 e. The minimum Gasteiger partial charge on any atom is -0.267 e. The topological polar surface area (TPSA) is 59.3 Å². The number of aromatic nitrogens is 2. The molecule has 0 aliphatic rings. The first kappa shape index (κ1) is 12.3. The number of carbonyl (C=O) groups excluding carboxylic acids is 1. The Morgan fingerprint density at radius 2 is 2.11 bits per heavy atom. The van der Waals surface area contributed by atoms with Crippen LogP contribution in [0.25, 0.3) is 0 Å². The number of hydrogen-bond donors (Lipinski definition) is 1. The molecule has 0 atom stereocenters. The molecular formula is C12H11ClN4O. The van der Waals surface area contributed by atoms with E-state index in [1.807, 2.05) is 0 Å². The first-order valence-electron chi connectivity index (χ1n) is 5.24. The third-order valence-electron chi connectivity index (χ3n) is 2.33. The van der Waals surface area contributed by atoms with E-state index in [9.17, 15) is 4.79 Å². The number of nitrogens with one attached hydrogen (secondary N) is 1. The zero-order chi connectivity index (χ0) is 13.0. The maximum absolute atomic E-state index is 11.7. The number of nitrogens with zero attached hydrogens (tertiary/aromatic N) is 3. The fourth-order valence-corrected chi connectivity index (χ4v) is 1.46. The average Bonchev–Trinajstić information content (AvgIpc) is 2.76. The summed E-state index contributed by atoms with van der Waals surface area (Å²) in [6, 6.07) is 8.37. The summed E-state index contributed by atoms with van der Waals surface area (Å²) in [6.45, 7) is 0. The average molecular weight is 263 g/mol. The van der Waals surface area contributed by atoms with Gasteiger partial charge in [-0.05, 0) is 30.3 Å². The van der Waals surface area contributed by atoms with Crippen molar-refractivity contribution < 1.29 is 4.79 Å². The number of hydrazone groups is 1. The van der Waals surface area contributed by atoms with Crippen LogP contribution in [0.15, 0.2) is 41.6 Å². The molecular weight excluding hydrogens is 252 g/mol. The SMILES string of the molecule is Cn1nccc1/C=N/NC(=O)c1ccc(Cl)cc1. The lowest BCUT2D eigenvalue weighted by molar-refractivity contribution is 0.0955. The maximum atomic E-state index is 11.7. The zero-order valence-corrected chi connectivity index (χ0v) is 10.4. The highest BCUT2D eigenvalue weighted by atomic mass is 35.5. The van der Waals surface area contributed by atoms with Crippen molar-refractivity contribution in [3.63, 3.8) is 0 Å². The van der Waals surface area contributed by atoms with Crippen molar-refractivity contribution in [2.75, 3.05) is 0 Å². The lowest BCUT2D eigenvalue weighted by Gasteiger charge is -1.99. The number of benzene rings is 1. The number of halogens is 1. The van der Waals surface area contributed by atoms with Gasteiger partial charge in [0.15, 0.2) is 0 Å². The minimum absolute atomic E-state index is 0.287. The molecule has 0 saturated carbocycles. The molecule has 6 heteroatoms. The molecule has 92 valence electrons. The number of amides is 1. The van der Waals surface area contributed by atoms with Crippen LogP contribution in [0.3, 0.4) is 0 Å². The minimum atomic E-state index is -0.287. The molecule has 0 unspecified atom stereocenters. The number of carbonyl (C=O) groups is 1. The van der Waals surface area contributed by atoms with Gasteiger partial charge in [0.2, 0.25) is 0 Å². The molecule has 0 aliphatic heterocycles. The van der Waals surface area contributed by atoms with Crippen LogP contribution in [0.5, 0.6) is 0 Å². The van der Waals surface area contributed by atoms with Gasteiger partial charge >= 0.3 is 0 Å². The Morgan fingerprint density at radius 3 is 2.72 bits per heavy atom. The molecule has 18 heavy (non-hydrogen) atoms. The normalized spacial score (nSPS) is 10.8. The van der Waals surface area contributed by atoms with Crippen LogP contribution >= 0.6 is 11.6 Å². The van der Waals surface area contributed by atoms with Gasteiger partial charge in [0.25, 0.3) is 5.91 Å². The lowest BCUT2D eigenvalue weighted by Crippen LogP contribution is -2.17. The Kier molecular flexibility index (Phi) is 3.74. The van der Waals surface area contributed by atoms with Gasteiger partial charge in [0, 0.05) is 23.8 Å². The van der Waals surface area contributed by atoms with Crippen molar-refractivity contribution in [2.45, 2.75) is 0 Å². The van der Waals surface area contributed by atoms with E-state index in [-0.39, 0.29) is 5.91 Å². The van der Waals surface area contributed by atoms with E-state index in [1.165, 1.54) is 6.21 Å². The summed E-state index contributed by atoms with van der Waals surface area (Å²) in [5, 5.41) is 8.42. The molecule has 0 bridgehead atoms. The highest BCUT2D eigenvalue weighted by Crippen LogP contribution is 2.09. The van der Waals surface area contributed by atoms with Crippen LogP contribution in [0.2, 0.25) is 5.02 Å². The van der Waals surface area contributed by atoms with E-state index < -0.39 is 0 Å². The second-order valence-electron chi connectivity index (χ2n) is 3.59. The van der Waals surface area contributed by atoms with E-state index in [4.69, 9.17) is 11.6 Å².